The predicted octanol–water partition coefficient (Wildman–Crippen LogP) is 2.47. The van der Waals surface area contributed by atoms with Gasteiger partial charge in [0.2, 0.25) is 11.8 Å². The summed E-state index contributed by atoms with van der Waals surface area (Å²) in [5, 5.41) is 16.0. The number of amides is 3. The van der Waals surface area contributed by atoms with Gasteiger partial charge in [0, 0.05) is 32.5 Å². The number of hydroxylamine groups is 2. The van der Waals surface area contributed by atoms with Gasteiger partial charge < -0.3 is 15.7 Å². The normalized spacial score (nSPS) is 11.8. The van der Waals surface area contributed by atoms with E-state index in [0.717, 1.165) is 42.7 Å². The average molecular weight is 434 g/mol. The number of nitrogens with one attached hydrogen (secondary N) is 2. The molecule has 0 aliphatic carbocycles. The summed E-state index contributed by atoms with van der Waals surface area (Å²) >= 11 is 0. The summed E-state index contributed by atoms with van der Waals surface area (Å²) in [5.41, 5.74) is 0.814. The zero-order chi connectivity index (χ0) is 23.1. The Hall–Kier alpha value is -2.87. The van der Waals surface area contributed by atoms with Crippen LogP contribution in [0.4, 0.5) is 0 Å². The summed E-state index contributed by atoms with van der Waals surface area (Å²) in [5.74, 6) is -0.724. The smallest absolute Gasteiger partial charge is 0.269 e. The number of likely N-dealkylation sites (N-methyl/N-ethyl adjacent to an activating group) is 1. The summed E-state index contributed by atoms with van der Waals surface area (Å²) in [6, 6.07) is 5.76. The number of benzene rings is 1. The lowest BCUT2D eigenvalue weighted by atomic mass is 10.0. The van der Waals surface area contributed by atoms with Crippen LogP contribution >= 0.6 is 0 Å². The first-order valence-corrected chi connectivity index (χ1v) is 10.7. The van der Waals surface area contributed by atoms with E-state index in [4.69, 9.17) is 4.84 Å². The molecule has 3 N–H and O–H groups in total. The van der Waals surface area contributed by atoms with Crippen LogP contribution in [0.2, 0.25) is 0 Å². The van der Waals surface area contributed by atoms with Gasteiger partial charge in [0.1, 0.15) is 11.8 Å². The van der Waals surface area contributed by atoms with Gasteiger partial charge in [0.15, 0.2) is 0 Å². The lowest BCUT2D eigenvalue weighted by molar-refractivity contribution is -0.162. The van der Waals surface area contributed by atoms with Crippen molar-refractivity contribution in [2.75, 3.05) is 20.7 Å². The Bertz CT molecular complexity index is 718. The lowest BCUT2D eigenvalue weighted by Crippen LogP contribution is -2.48. The Morgan fingerprint density at radius 1 is 1.13 bits per heavy atom. The minimum Gasteiger partial charge on any atom is -0.508 e. The van der Waals surface area contributed by atoms with Crippen molar-refractivity contribution in [3.8, 4) is 5.75 Å². The van der Waals surface area contributed by atoms with E-state index >= 15 is 0 Å². The van der Waals surface area contributed by atoms with E-state index in [1.54, 1.807) is 24.3 Å². The van der Waals surface area contributed by atoms with Crippen molar-refractivity contribution in [1.82, 2.24) is 15.7 Å². The molecule has 8 heteroatoms. The molecule has 1 aromatic rings. The molecule has 1 aromatic carbocycles. The molecular formula is C23H35N3O5. The molecule has 31 heavy (non-hydrogen) atoms. The van der Waals surface area contributed by atoms with Crippen LogP contribution in [0.25, 0.3) is 0 Å². The van der Waals surface area contributed by atoms with Crippen molar-refractivity contribution in [3.05, 3.63) is 42.0 Å². The maximum Gasteiger partial charge on any atom is 0.269 e. The highest BCUT2D eigenvalue weighted by atomic mass is 16.7. The number of hydrogen-bond acceptors (Lipinski definition) is 5. The number of hydrogen-bond donors (Lipinski definition) is 3. The maximum atomic E-state index is 12.7. The highest BCUT2D eigenvalue weighted by Crippen LogP contribution is 2.12. The molecule has 0 aliphatic rings. The minimum atomic E-state index is -0.751. The number of aromatic hydroxyl groups is 1. The molecule has 3 amide bonds. The van der Waals surface area contributed by atoms with E-state index in [9.17, 15) is 19.5 Å². The van der Waals surface area contributed by atoms with Gasteiger partial charge in [0.25, 0.3) is 5.91 Å². The SMILES string of the molecule is CCCCCCCC(=O)NC(Cc1ccc(O)cc1)C(=O)NC/C=C/C(=O)N(C)OC. The van der Waals surface area contributed by atoms with E-state index in [1.165, 1.54) is 26.3 Å². The van der Waals surface area contributed by atoms with Crippen molar-refractivity contribution >= 4 is 17.7 Å². The summed E-state index contributed by atoms with van der Waals surface area (Å²) in [6.07, 6.45) is 8.67. The highest BCUT2D eigenvalue weighted by Gasteiger charge is 2.20. The fourth-order valence-corrected chi connectivity index (χ4v) is 2.87. The first kappa shape index (κ1) is 26.2. The molecule has 0 aliphatic heterocycles. The fourth-order valence-electron chi connectivity index (χ4n) is 2.87. The molecule has 1 atom stereocenters. The second-order valence-corrected chi connectivity index (χ2v) is 7.32. The third kappa shape index (κ3) is 11.2. The Morgan fingerprint density at radius 2 is 1.81 bits per heavy atom. The number of phenolic OH excluding ortho intramolecular Hbond substituents is 1. The molecule has 0 radical (unpaired) electrons. The predicted molar refractivity (Wildman–Crippen MR) is 119 cm³/mol. The third-order valence-electron chi connectivity index (χ3n) is 4.77. The van der Waals surface area contributed by atoms with Crippen LogP contribution in [-0.2, 0) is 25.6 Å². The summed E-state index contributed by atoms with van der Waals surface area (Å²) in [4.78, 5) is 41.5. The van der Waals surface area contributed by atoms with Crippen LogP contribution in [0.1, 0.15) is 51.0 Å². The maximum absolute atomic E-state index is 12.7. The van der Waals surface area contributed by atoms with Crippen LogP contribution in [0, 0.1) is 0 Å². The molecule has 172 valence electrons. The summed E-state index contributed by atoms with van der Waals surface area (Å²) in [6.45, 7) is 2.28. The molecule has 0 bridgehead atoms. The zero-order valence-electron chi connectivity index (χ0n) is 18.7. The molecular weight excluding hydrogens is 398 g/mol. The van der Waals surface area contributed by atoms with Crippen LogP contribution in [-0.4, -0.2) is 54.6 Å². The van der Waals surface area contributed by atoms with Gasteiger partial charge >= 0.3 is 0 Å². The van der Waals surface area contributed by atoms with Gasteiger partial charge in [-0.05, 0) is 24.1 Å². The average Bonchev–Trinajstić information content (AvgIpc) is 2.76. The molecule has 8 nitrogen and oxygen atoms in total. The van der Waals surface area contributed by atoms with Crippen molar-refractivity contribution in [2.45, 2.75) is 57.9 Å². The second kappa shape index (κ2) is 15.0. The largest absolute Gasteiger partial charge is 0.508 e. The number of unbranched alkanes of at least 4 members (excludes halogenated alkanes) is 4. The number of carbonyl (C=O) groups is 3. The van der Waals surface area contributed by atoms with Crippen LogP contribution < -0.4 is 10.6 Å². The second-order valence-electron chi connectivity index (χ2n) is 7.32. The summed E-state index contributed by atoms with van der Waals surface area (Å²) in [7, 11) is 2.87. The number of carbonyl (C=O) groups excluding carboxylic acids is 3. The van der Waals surface area contributed by atoms with Crippen molar-refractivity contribution in [1.29, 1.82) is 0 Å². The molecule has 1 rings (SSSR count). The Morgan fingerprint density at radius 3 is 2.45 bits per heavy atom. The van der Waals surface area contributed by atoms with Gasteiger partial charge in [-0.1, -0.05) is 50.8 Å². The molecule has 0 saturated heterocycles. The molecule has 0 spiro atoms. The van der Waals surface area contributed by atoms with Gasteiger partial charge in [-0.15, -0.1) is 0 Å². The third-order valence-corrected chi connectivity index (χ3v) is 4.77. The van der Waals surface area contributed by atoms with E-state index in [1.807, 2.05) is 0 Å². The van der Waals surface area contributed by atoms with Crippen molar-refractivity contribution in [2.24, 2.45) is 0 Å². The van der Waals surface area contributed by atoms with Gasteiger partial charge in [-0.25, -0.2) is 5.06 Å². The van der Waals surface area contributed by atoms with Crippen LogP contribution in [0.5, 0.6) is 5.75 Å². The van der Waals surface area contributed by atoms with Gasteiger partial charge in [-0.2, -0.15) is 0 Å². The Kier molecular flexibility index (Phi) is 12.7. The molecule has 0 aromatic heterocycles. The number of phenols is 1. The molecule has 0 heterocycles. The Labute approximate surface area is 184 Å². The van der Waals surface area contributed by atoms with Gasteiger partial charge in [0.05, 0.1) is 7.11 Å². The van der Waals surface area contributed by atoms with Crippen LogP contribution in [0.15, 0.2) is 36.4 Å². The molecule has 0 saturated carbocycles. The summed E-state index contributed by atoms with van der Waals surface area (Å²) < 4.78 is 0. The van der Waals surface area contributed by atoms with E-state index < -0.39 is 6.04 Å². The van der Waals surface area contributed by atoms with E-state index in [0.29, 0.717) is 12.8 Å². The van der Waals surface area contributed by atoms with Crippen molar-refractivity contribution < 1.29 is 24.3 Å². The quantitative estimate of drug-likeness (QED) is 0.237. The zero-order valence-corrected chi connectivity index (χ0v) is 18.7. The number of rotatable bonds is 14. The Balaban J connectivity index is 2.64. The first-order chi connectivity index (χ1) is 14.9. The minimum absolute atomic E-state index is 0.136. The topological polar surface area (TPSA) is 108 Å². The molecule has 0 fully saturated rings. The monoisotopic (exact) mass is 433 g/mol. The van der Waals surface area contributed by atoms with Crippen molar-refractivity contribution in [3.63, 3.8) is 0 Å². The number of nitrogens with zero attached hydrogens (tertiary/aromatic N) is 1. The van der Waals surface area contributed by atoms with Crippen LogP contribution in [0.3, 0.4) is 0 Å². The van der Waals surface area contributed by atoms with E-state index in [2.05, 4.69) is 17.6 Å². The van der Waals surface area contributed by atoms with E-state index in [-0.39, 0.29) is 30.0 Å². The standard InChI is InChI=1S/C23H35N3O5/c1-4-5-6-7-8-10-21(28)25-20(17-18-12-14-19(27)15-13-18)23(30)24-16-9-11-22(29)26(2)31-3/h9,11-15,20,27H,4-8,10,16-17H2,1-3H3,(H,24,30)(H,25,28)/b11-9+. The fraction of sp³-hybridized carbons (Fsp3) is 0.522. The lowest BCUT2D eigenvalue weighted by Gasteiger charge is -2.18. The molecule has 1 unspecified atom stereocenters. The highest BCUT2D eigenvalue weighted by molar-refractivity contribution is 5.88. The van der Waals surface area contributed by atoms with Gasteiger partial charge in [-0.3, -0.25) is 19.2 Å². The first-order valence-electron chi connectivity index (χ1n) is 10.7.